The average molecular weight is 302 g/mol. The van der Waals surface area contributed by atoms with E-state index >= 15 is 0 Å². The third-order valence-electron chi connectivity index (χ3n) is 3.43. The van der Waals surface area contributed by atoms with Gasteiger partial charge in [0, 0.05) is 19.3 Å². The van der Waals surface area contributed by atoms with Crippen LogP contribution in [0.4, 0.5) is 5.69 Å². The lowest BCUT2D eigenvalue weighted by Gasteiger charge is -2.15. The quantitative estimate of drug-likeness (QED) is 0.852. The minimum Gasteiger partial charge on any atom is -0.380 e. The Morgan fingerprint density at radius 1 is 1.41 bits per heavy atom. The van der Waals surface area contributed by atoms with Crippen molar-refractivity contribution in [2.24, 2.45) is 5.73 Å². The Bertz CT molecular complexity index is 647. The highest BCUT2D eigenvalue weighted by atomic mass is 16.5. The number of carbonyl (C=O) groups is 1. The maximum atomic E-state index is 12.1. The van der Waals surface area contributed by atoms with Gasteiger partial charge in [-0.15, -0.1) is 0 Å². The van der Waals surface area contributed by atoms with Gasteiger partial charge in [-0.05, 0) is 32.0 Å². The summed E-state index contributed by atoms with van der Waals surface area (Å²) in [5.41, 5.74) is 9.04. The summed E-state index contributed by atoms with van der Waals surface area (Å²) < 4.78 is 6.96. The Morgan fingerprint density at radius 3 is 2.73 bits per heavy atom. The van der Waals surface area contributed by atoms with Crippen LogP contribution in [0.15, 0.2) is 30.3 Å². The number of ether oxygens (including phenoxy) is 1. The van der Waals surface area contributed by atoms with Crippen LogP contribution < -0.4 is 11.1 Å². The van der Waals surface area contributed by atoms with Gasteiger partial charge in [0.2, 0.25) is 5.91 Å². The Kier molecular flexibility index (Phi) is 5.30. The average Bonchev–Trinajstić information content (AvgIpc) is 2.84. The maximum absolute atomic E-state index is 12.1. The van der Waals surface area contributed by atoms with Gasteiger partial charge < -0.3 is 15.8 Å². The summed E-state index contributed by atoms with van der Waals surface area (Å²) in [5, 5.41) is 7.37. The second-order valence-corrected chi connectivity index (χ2v) is 5.20. The van der Waals surface area contributed by atoms with E-state index in [1.54, 1.807) is 7.11 Å². The fourth-order valence-corrected chi connectivity index (χ4v) is 2.31. The molecule has 1 heterocycles. The van der Waals surface area contributed by atoms with Gasteiger partial charge in [-0.25, -0.2) is 4.68 Å². The summed E-state index contributed by atoms with van der Waals surface area (Å²) in [7, 11) is 1.55. The summed E-state index contributed by atoms with van der Waals surface area (Å²) in [5.74, 6) is -0.133. The molecule has 0 spiro atoms. The van der Waals surface area contributed by atoms with Crippen LogP contribution in [0.25, 0.3) is 5.69 Å². The Labute approximate surface area is 130 Å². The van der Waals surface area contributed by atoms with E-state index in [0.29, 0.717) is 12.2 Å². The Hall–Kier alpha value is -2.18. The van der Waals surface area contributed by atoms with Crippen molar-refractivity contribution in [1.29, 1.82) is 0 Å². The summed E-state index contributed by atoms with van der Waals surface area (Å²) in [6.07, 6.45) is -0.0563. The van der Waals surface area contributed by atoms with Crippen LogP contribution in [0.1, 0.15) is 17.8 Å². The van der Waals surface area contributed by atoms with Crippen molar-refractivity contribution in [3.8, 4) is 5.69 Å². The monoisotopic (exact) mass is 302 g/mol. The van der Waals surface area contributed by atoms with Gasteiger partial charge in [-0.2, -0.15) is 5.10 Å². The fourth-order valence-electron chi connectivity index (χ4n) is 2.31. The molecule has 1 aromatic carbocycles. The first kappa shape index (κ1) is 16.2. The number of benzene rings is 1. The largest absolute Gasteiger partial charge is 0.380 e. The standard InChI is InChI=1S/C16H22N4O2/c1-11-8-12(2)20(19-11)15-7-5-4-6-14(15)18-16(21)9-13(10-17)22-3/h4-8,13H,9-10,17H2,1-3H3,(H,18,21). The van der Waals surface area contributed by atoms with Crippen LogP contribution >= 0.6 is 0 Å². The van der Waals surface area contributed by atoms with Gasteiger partial charge in [0.15, 0.2) is 0 Å². The van der Waals surface area contributed by atoms with Gasteiger partial charge in [-0.1, -0.05) is 12.1 Å². The van der Waals surface area contributed by atoms with Crippen LogP contribution in [-0.2, 0) is 9.53 Å². The van der Waals surface area contributed by atoms with E-state index in [-0.39, 0.29) is 18.4 Å². The molecule has 0 aliphatic heterocycles. The van der Waals surface area contributed by atoms with E-state index in [9.17, 15) is 4.79 Å². The number of aryl methyl sites for hydroxylation is 2. The van der Waals surface area contributed by atoms with Gasteiger partial charge in [0.25, 0.3) is 0 Å². The van der Waals surface area contributed by atoms with Gasteiger partial charge >= 0.3 is 0 Å². The van der Waals surface area contributed by atoms with Crippen molar-refractivity contribution in [2.45, 2.75) is 26.4 Å². The molecule has 1 unspecified atom stereocenters. The number of hydrogen-bond acceptors (Lipinski definition) is 4. The normalized spacial score (nSPS) is 12.2. The molecule has 3 N–H and O–H groups in total. The zero-order chi connectivity index (χ0) is 16.1. The number of anilines is 1. The zero-order valence-electron chi connectivity index (χ0n) is 13.2. The first-order chi connectivity index (χ1) is 10.5. The third-order valence-corrected chi connectivity index (χ3v) is 3.43. The molecule has 6 nitrogen and oxygen atoms in total. The topological polar surface area (TPSA) is 82.2 Å². The minimum atomic E-state index is -0.277. The second-order valence-electron chi connectivity index (χ2n) is 5.20. The van der Waals surface area contributed by atoms with Gasteiger partial charge in [0.1, 0.15) is 0 Å². The molecule has 0 aliphatic carbocycles. The predicted octanol–water partition coefficient (Wildman–Crippen LogP) is 1.79. The summed E-state index contributed by atoms with van der Waals surface area (Å²) in [4.78, 5) is 12.1. The fraction of sp³-hybridized carbons (Fsp3) is 0.375. The molecule has 0 radical (unpaired) electrons. The number of nitrogens with one attached hydrogen (secondary N) is 1. The smallest absolute Gasteiger partial charge is 0.227 e. The first-order valence-electron chi connectivity index (χ1n) is 7.20. The molecule has 0 saturated carbocycles. The Balaban J connectivity index is 2.22. The molecule has 1 atom stereocenters. The molecular weight excluding hydrogens is 280 g/mol. The lowest BCUT2D eigenvalue weighted by molar-refractivity contribution is -0.118. The number of aromatic nitrogens is 2. The third kappa shape index (κ3) is 3.72. The zero-order valence-corrected chi connectivity index (χ0v) is 13.2. The highest BCUT2D eigenvalue weighted by Crippen LogP contribution is 2.21. The molecule has 6 heteroatoms. The van der Waals surface area contributed by atoms with E-state index in [1.807, 2.05) is 48.9 Å². The molecule has 1 amide bonds. The Morgan fingerprint density at radius 2 is 2.14 bits per heavy atom. The minimum absolute atomic E-state index is 0.133. The highest BCUT2D eigenvalue weighted by molar-refractivity contribution is 5.93. The van der Waals surface area contributed by atoms with E-state index in [1.165, 1.54) is 0 Å². The molecule has 2 rings (SSSR count). The molecule has 22 heavy (non-hydrogen) atoms. The summed E-state index contributed by atoms with van der Waals surface area (Å²) >= 11 is 0. The van der Waals surface area contributed by atoms with Crippen molar-refractivity contribution in [1.82, 2.24) is 9.78 Å². The van der Waals surface area contributed by atoms with Crippen molar-refractivity contribution < 1.29 is 9.53 Å². The lowest BCUT2D eigenvalue weighted by atomic mass is 10.2. The van der Waals surface area contributed by atoms with Crippen LogP contribution in [0.5, 0.6) is 0 Å². The van der Waals surface area contributed by atoms with Gasteiger partial charge in [-0.3, -0.25) is 4.79 Å². The van der Waals surface area contributed by atoms with E-state index in [0.717, 1.165) is 17.1 Å². The van der Waals surface area contributed by atoms with Crippen LogP contribution in [0.2, 0.25) is 0 Å². The van der Waals surface area contributed by atoms with E-state index in [4.69, 9.17) is 10.5 Å². The van der Waals surface area contributed by atoms with Crippen molar-refractivity contribution >= 4 is 11.6 Å². The predicted molar refractivity (Wildman–Crippen MR) is 86.1 cm³/mol. The maximum Gasteiger partial charge on any atom is 0.227 e. The van der Waals surface area contributed by atoms with Crippen molar-refractivity contribution in [3.05, 3.63) is 41.7 Å². The van der Waals surface area contributed by atoms with Crippen LogP contribution in [0.3, 0.4) is 0 Å². The molecular formula is C16H22N4O2. The molecule has 0 aliphatic rings. The number of nitrogens with zero attached hydrogens (tertiary/aromatic N) is 2. The summed E-state index contributed by atoms with van der Waals surface area (Å²) in [6, 6.07) is 9.56. The number of methoxy groups -OCH3 is 1. The summed E-state index contributed by atoms with van der Waals surface area (Å²) in [6.45, 7) is 4.23. The lowest BCUT2D eigenvalue weighted by Crippen LogP contribution is -2.28. The molecule has 0 bridgehead atoms. The number of carbonyl (C=O) groups excluding carboxylic acids is 1. The SMILES string of the molecule is COC(CN)CC(=O)Nc1ccccc1-n1nc(C)cc1C. The molecule has 1 aromatic heterocycles. The van der Waals surface area contributed by atoms with E-state index in [2.05, 4.69) is 10.4 Å². The highest BCUT2D eigenvalue weighted by Gasteiger charge is 2.14. The van der Waals surface area contributed by atoms with Crippen molar-refractivity contribution in [3.63, 3.8) is 0 Å². The van der Waals surface area contributed by atoms with Crippen LogP contribution in [-0.4, -0.2) is 35.4 Å². The second kappa shape index (κ2) is 7.20. The van der Waals surface area contributed by atoms with E-state index < -0.39 is 0 Å². The molecule has 0 fully saturated rings. The number of rotatable bonds is 6. The number of amides is 1. The van der Waals surface area contributed by atoms with Crippen LogP contribution in [0, 0.1) is 13.8 Å². The molecule has 0 saturated heterocycles. The number of hydrogen-bond donors (Lipinski definition) is 2. The number of para-hydroxylation sites is 2. The molecule has 2 aromatic rings. The number of nitrogens with two attached hydrogens (primary N) is 1. The van der Waals surface area contributed by atoms with Crippen molar-refractivity contribution in [2.75, 3.05) is 19.0 Å². The van der Waals surface area contributed by atoms with Gasteiger partial charge in [0.05, 0.1) is 29.6 Å². The molecule has 118 valence electrons. The first-order valence-corrected chi connectivity index (χ1v) is 7.20.